The van der Waals surface area contributed by atoms with Gasteiger partial charge in [0.1, 0.15) is 12.4 Å². The Labute approximate surface area is 162 Å². The average molecular weight is 385 g/mol. The van der Waals surface area contributed by atoms with E-state index < -0.39 is 0 Å². The lowest BCUT2D eigenvalue weighted by Crippen LogP contribution is -2.04. The van der Waals surface area contributed by atoms with Gasteiger partial charge in [-0.25, -0.2) is 5.10 Å². The van der Waals surface area contributed by atoms with E-state index in [2.05, 4.69) is 39.8 Å². The van der Waals surface area contributed by atoms with Gasteiger partial charge >= 0.3 is 0 Å². The Bertz CT molecular complexity index is 954. The van der Waals surface area contributed by atoms with Crippen molar-refractivity contribution in [2.24, 2.45) is 5.10 Å². The molecule has 0 atom stereocenters. The summed E-state index contributed by atoms with van der Waals surface area (Å²) in [6.07, 6.45) is 3.81. The van der Waals surface area contributed by atoms with Gasteiger partial charge in [-0.1, -0.05) is 18.2 Å². The second-order valence-electron chi connectivity index (χ2n) is 5.89. The summed E-state index contributed by atoms with van der Waals surface area (Å²) in [5.41, 5.74) is 3.31. The fourth-order valence-corrected chi connectivity index (χ4v) is 3.12. The molecule has 2 aromatic carbocycles. The quantitative estimate of drug-likeness (QED) is 0.379. The molecule has 0 unspecified atom stereocenters. The third kappa shape index (κ3) is 4.62. The first kappa shape index (κ1) is 18.4. The number of thioether (sulfide) groups is 1. The van der Waals surface area contributed by atoms with Crippen LogP contribution in [0.15, 0.2) is 52.5 Å². The van der Waals surface area contributed by atoms with Crippen LogP contribution in [0.4, 0.5) is 0 Å². The molecule has 0 aliphatic carbocycles. The zero-order chi connectivity index (χ0) is 18.5. The summed E-state index contributed by atoms with van der Waals surface area (Å²) in [5, 5.41) is 11.4. The highest BCUT2D eigenvalue weighted by molar-refractivity contribution is 7.98. The topological polar surface area (TPSA) is 55.2 Å². The highest BCUT2D eigenvalue weighted by atomic mass is 32.2. The van der Waals surface area contributed by atoms with Gasteiger partial charge in [0.2, 0.25) is 4.77 Å². The molecular formula is C19H20N4OS2. The van der Waals surface area contributed by atoms with Crippen molar-refractivity contribution in [3.63, 3.8) is 0 Å². The van der Waals surface area contributed by atoms with Crippen LogP contribution in [0.25, 0.3) is 0 Å². The minimum Gasteiger partial charge on any atom is -0.486 e. The maximum Gasteiger partial charge on any atom is 0.216 e. The molecule has 0 spiro atoms. The monoisotopic (exact) mass is 384 g/mol. The van der Waals surface area contributed by atoms with E-state index in [4.69, 9.17) is 17.0 Å². The number of H-pyrrole nitrogens is 1. The molecule has 1 N–H and O–H groups in total. The Balaban J connectivity index is 1.75. The van der Waals surface area contributed by atoms with Crippen LogP contribution in [0.5, 0.6) is 5.75 Å². The molecule has 0 saturated carbocycles. The number of nitrogens with one attached hydrogen (secondary N) is 1. The van der Waals surface area contributed by atoms with Crippen molar-refractivity contribution in [1.82, 2.24) is 14.9 Å². The number of aryl methyl sites for hydroxylation is 2. The Morgan fingerprint density at radius 3 is 2.54 bits per heavy atom. The normalized spacial score (nSPS) is 11.2. The third-order valence-corrected chi connectivity index (χ3v) is 4.73. The molecule has 1 aromatic heterocycles. The zero-order valence-electron chi connectivity index (χ0n) is 14.9. The molecule has 26 heavy (non-hydrogen) atoms. The second kappa shape index (κ2) is 8.33. The number of aromatic nitrogens is 3. The first-order chi connectivity index (χ1) is 12.5. The molecule has 134 valence electrons. The third-order valence-electron chi connectivity index (χ3n) is 3.72. The van der Waals surface area contributed by atoms with Crippen molar-refractivity contribution >= 4 is 30.2 Å². The van der Waals surface area contributed by atoms with E-state index in [9.17, 15) is 0 Å². The van der Waals surface area contributed by atoms with Crippen molar-refractivity contribution in [1.29, 1.82) is 0 Å². The van der Waals surface area contributed by atoms with Gasteiger partial charge < -0.3 is 4.74 Å². The van der Waals surface area contributed by atoms with Crippen LogP contribution < -0.4 is 4.74 Å². The van der Waals surface area contributed by atoms with E-state index in [1.807, 2.05) is 38.1 Å². The van der Waals surface area contributed by atoms with E-state index in [0.29, 0.717) is 10.6 Å². The summed E-state index contributed by atoms with van der Waals surface area (Å²) >= 11 is 6.98. The van der Waals surface area contributed by atoms with Crippen LogP contribution in [-0.4, -0.2) is 27.3 Å². The van der Waals surface area contributed by atoms with Gasteiger partial charge in [-0.15, -0.1) is 11.8 Å². The van der Waals surface area contributed by atoms with Gasteiger partial charge in [0.15, 0.2) is 5.82 Å². The van der Waals surface area contributed by atoms with Gasteiger partial charge in [-0.3, -0.25) is 0 Å². The maximum absolute atomic E-state index is 5.86. The average Bonchev–Trinajstić information content (AvgIpc) is 2.97. The molecule has 3 rings (SSSR count). The summed E-state index contributed by atoms with van der Waals surface area (Å²) in [6, 6.07) is 14.3. The van der Waals surface area contributed by atoms with Crippen LogP contribution in [0.3, 0.4) is 0 Å². The van der Waals surface area contributed by atoms with Crippen LogP contribution in [0.1, 0.15) is 22.5 Å². The lowest BCUT2D eigenvalue weighted by molar-refractivity contribution is 0.290. The minimum atomic E-state index is 0.277. The molecule has 0 amide bonds. The van der Waals surface area contributed by atoms with E-state index in [0.717, 1.165) is 22.4 Å². The number of nitrogens with zero attached hydrogens (tertiary/aromatic N) is 3. The summed E-state index contributed by atoms with van der Waals surface area (Å²) in [7, 11) is 0. The highest BCUT2D eigenvalue weighted by Gasteiger charge is 2.07. The largest absolute Gasteiger partial charge is 0.486 e. The summed E-state index contributed by atoms with van der Waals surface area (Å²) < 4.78 is 7.88. The Morgan fingerprint density at radius 1 is 1.19 bits per heavy atom. The Morgan fingerprint density at radius 2 is 1.88 bits per heavy atom. The summed E-state index contributed by atoms with van der Waals surface area (Å²) in [6.45, 7) is 4.36. The lowest BCUT2D eigenvalue weighted by atomic mass is 10.1. The molecular weight excluding hydrogens is 364 g/mol. The molecule has 0 aliphatic heterocycles. The van der Waals surface area contributed by atoms with Crippen LogP contribution in [0, 0.1) is 18.6 Å². The van der Waals surface area contributed by atoms with Gasteiger partial charge in [0.25, 0.3) is 0 Å². The fourth-order valence-electron chi connectivity index (χ4n) is 2.52. The summed E-state index contributed by atoms with van der Waals surface area (Å²) in [4.78, 5) is 1.21. The number of hydrogen-bond acceptors (Lipinski definition) is 5. The number of hydrogen-bond donors (Lipinski definition) is 1. The number of rotatable bonds is 6. The molecule has 0 radical (unpaired) electrons. The smallest absolute Gasteiger partial charge is 0.216 e. The SMILES string of the molecule is CSc1ccc(/C=N\n2c(COc3cc(C)cc(C)c3)n[nH]c2=S)cc1. The molecule has 0 bridgehead atoms. The minimum absolute atomic E-state index is 0.277. The molecule has 5 nitrogen and oxygen atoms in total. The second-order valence-corrected chi connectivity index (χ2v) is 7.15. The predicted octanol–water partition coefficient (Wildman–Crippen LogP) is 4.74. The highest BCUT2D eigenvalue weighted by Crippen LogP contribution is 2.17. The first-order valence-electron chi connectivity index (χ1n) is 8.11. The predicted molar refractivity (Wildman–Crippen MR) is 109 cm³/mol. The number of aromatic amines is 1. The van der Waals surface area contributed by atoms with Gasteiger partial charge in [0.05, 0.1) is 6.21 Å². The first-order valence-corrected chi connectivity index (χ1v) is 9.74. The molecule has 3 aromatic rings. The molecule has 0 saturated heterocycles. The van der Waals surface area contributed by atoms with Crippen LogP contribution in [-0.2, 0) is 6.61 Å². The summed E-state index contributed by atoms with van der Waals surface area (Å²) in [5.74, 6) is 1.42. The van der Waals surface area contributed by atoms with Crippen LogP contribution >= 0.6 is 24.0 Å². The van der Waals surface area contributed by atoms with E-state index in [-0.39, 0.29) is 6.61 Å². The molecule has 0 aliphatic rings. The molecule has 7 heteroatoms. The number of benzene rings is 2. The van der Waals surface area contributed by atoms with Crippen molar-refractivity contribution in [2.45, 2.75) is 25.3 Å². The fraction of sp³-hybridized carbons (Fsp3) is 0.211. The van der Waals surface area contributed by atoms with Crippen molar-refractivity contribution in [3.8, 4) is 5.75 Å². The van der Waals surface area contributed by atoms with Gasteiger partial charge in [-0.05, 0) is 73.3 Å². The van der Waals surface area contributed by atoms with E-state index in [1.54, 1.807) is 22.7 Å². The number of ether oxygens (including phenoxy) is 1. The van der Waals surface area contributed by atoms with Gasteiger partial charge in [-0.2, -0.15) is 14.9 Å². The molecule has 0 fully saturated rings. The lowest BCUT2D eigenvalue weighted by Gasteiger charge is -2.07. The van der Waals surface area contributed by atoms with Gasteiger partial charge in [0, 0.05) is 4.90 Å². The van der Waals surface area contributed by atoms with Crippen molar-refractivity contribution in [2.75, 3.05) is 6.26 Å². The molecule has 1 heterocycles. The standard InChI is InChI=1S/C19H20N4OS2/c1-13-8-14(2)10-16(9-13)24-12-18-21-22-19(25)23(18)20-11-15-4-6-17(26-3)7-5-15/h4-11H,12H2,1-3H3,(H,22,25)/b20-11-. The zero-order valence-corrected chi connectivity index (χ0v) is 16.5. The van der Waals surface area contributed by atoms with E-state index in [1.165, 1.54) is 4.90 Å². The van der Waals surface area contributed by atoms with Crippen molar-refractivity contribution < 1.29 is 4.74 Å². The van der Waals surface area contributed by atoms with E-state index >= 15 is 0 Å². The maximum atomic E-state index is 5.86. The van der Waals surface area contributed by atoms with Crippen LogP contribution in [0.2, 0.25) is 0 Å². The Hall–Kier alpha value is -2.38. The Kier molecular flexibility index (Phi) is 5.90. The van der Waals surface area contributed by atoms with Crippen molar-refractivity contribution in [3.05, 3.63) is 69.8 Å².